The van der Waals surface area contributed by atoms with Gasteiger partial charge in [0.05, 0.1) is 0 Å². The zero-order chi connectivity index (χ0) is 14.7. The van der Waals surface area contributed by atoms with E-state index >= 15 is 0 Å². The van der Waals surface area contributed by atoms with Crippen molar-refractivity contribution in [3.8, 4) is 0 Å². The Morgan fingerprint density at radius 3 is 1.05 bits per heavy atom. The third-order valence-corrected chi connectivity index (χ3v) is 3.09. The Balaban J connectivity index is 4.28. The first-order valence-electron chi connectivity index (χ1n) is 7.12. The lowest BCUT2D eigenvalue weighted by Gasteiger charge is -2.30. The molecule has 0 radical (unpaired) electrons. The van der Waals surface area contributed by atoms with E-state index in [9.17, 15) is 0 Å². The van der Waals surface area contributed by atoms with Crippen LogP contribution in [-0.4, -0.2) is 62.3 Å². The smallest absolute Gasteiger partial charge is 0.0179 e. The number of hydrogen-bond donors (Lipinski definition) is 6. The van der Waals surface area contributed by atoms with Gasteiger partial charge in [0.2, 0.25) is 0 Å². The van der Waals surface area contributed by atoms with Gasteiger partial charge in [-0.2, -0.15) is 0 Å². The number of nitrogens with two attached hydrogens (primary N) is 6. The second-order valence-corrected chi connectivity index (χ2v) is 5.23. The molecule has 0 amide bonds. The van der Waals surface area contributed by atoms with Crippen molar-refractivity contribution < 1.29 is 0 Å². The fourth-order valence-electron chi connectivity index (χ4n) is 2.13. The number of hydrogen-bond acceptors (Lipinski definition) is 7. The van der Waals surface area contributed by atoms with Gasteiger partial charge >= 0.3 is 0 Å². The lowest BCUT2D eigenvalue weighted by molar-refractivity contribution is 0.220. The molecule has 0 heterocycles. The zero-order valence-electron chi connectivity index (χ0n) is 12.0. The van der Waals surface area contributed by atoms with Crippen LogP contribution in [0.15, 0.2) is 0 Å². The van der Waals surface area contributed by atoms with E-state index in [4.69, 9.17) is 34.4 Å². The summed E-state index contributed by atoms with van der Waals surface area (Å²) >= 11 is 0. The molecule has 19 heavy (non-hydrogen) atoms. The van der Waals surface area contributed by atoms with Crippen LogP contribution in [-0.2, 0) is 0 Å². The van der Waals surface area contributed by atoms with Gasteiger partial charge in [-0.15, -0.1) is 0 Å². The molecule has 0 spiro atoms. The normalized spacial score (nSPS) is 16.6. The van der Waals surface area contributed by atoms with E-state index in [-0.39, 0.29) is 18.1 Å². The van der Waals surface area contributed by atoms with Gasteiger partial charge in [0.25, 0.3) is 0 Å². The van der Waals surface area contributed by atoms with Gasteiger partial charge in [-0.25, -0.2) is 0 Å². The molecule has 0 bridgehead atoms. The largest absolute Gasteiger partial charge is 0.330 e. The molecule has 116 valence electrons. The Kier molecular flexibility index (Phi) is 11.4. The molecule has 12 N–H and O–H groups in total. The Morgan fingerprint density at radius 2 is 0.842 bits per heavy atom. The monoisotopic (exact) mass is 275 g/mol. The molecule has 0 aliphatic rings. The minimum atomic E-state index is 0.0557. The van der Waals surface area contributed by atoms with Gasteiger partial charge in [0.15, 0.2) is 0 Å². The summed E-state index contributed by atoms with van der Waals surface area (Å²) in [6, 6.07) is 0.167. The van der Waals surface area contributed by atoms with Crippen LogP contribution in [0.3, 0.4) is 0 Å². The van der Waals surface area contributed by atoms with E-state index in [0.29, 0.717) is 19.6 Å². The van der Waals surface area contributed by atoms with Crippen LogP contribution < -0.4 is 34.4 Å². The highest BCUT2D eigenvalue weighted by Crippen LogP contribution is 2.01. The van der Waals surface area contributed by atoms with E-state index in [0.717, 1.165) is 38.9 Å². The van der Waals surface area contributed by atoms with Crippen LogP contribution in [0.25, 0.3) is 0 Å². The van der Waals surface area contributed by atoms with E-state index in [2.05, 4.69) is 4.90 Å². The van der Waals surface area contributed by atoms with Crippen molar-refractivity contribution in [2.24, 2.45) is 34.4 Å². The van der Waals surface area contributed by atoms with Crippen LogP contribution in [0.5, 0.6) is 0 Å². The summed E-state index contributed by atoms with van der Waals surface area (Å²) in [7, 11) is 0. The highest BCUT2D eigenvalue weighted by atomic mass is 15.2. The molecule has 3 atom stereocenters. The quantitative estimate of drug-likeness (QED) is 0.226. The molecule has 3 unspecified atom stereocenters. The summed E-state index contributed by atoms with van der Waals surface area (Å²) in [5.41, 5.74) is 34.7. The molecule has 0 aliphatic heterocycles. The predicted octanol–water partition coefficient (Wildman–Crippen LogP) is -2.68. The predicted molar refractivity (Wildman–Crippen MR) is 81.4 cm³/mol. The summed E-state index contributed by atoms with van der Waals surface area (Å²) < 4.78 is 0. The van der Waals surface area contributed by atoms with Crippen molar-refractivity contribution in [3.05, 3.63) is 0 Å². The molecule has 0 aliphatic carbocycles. The van der Waals surface area contributed by atoms with Crippen molar-refractivity contribution in [2.45, 2.75) is 37.4 Å². The zero-order valence-corrected chi connectivity index (χ0v) is 12.0. The molecule has 0 aromatic carbocycles. The van der Waals surface area contributed by atoms with Crippen molar-refractivity contribution in [3.63, 3.8) is 0 Å². The van der Waals surface area contributed by atoms with Crippen LogP contribution in [0.2, 0.25) is 0 Å². The van der Waals surface area contributed by atoms with Crippen LogP contribution in [0.1, 0.15) is 19.3 Å². The Morgan fingerprint density at radius 1 is 0.579 bits per heavy atom. The fourth-order valence-corrected chi connectivity index (χ4v) is 2.13. The van der Waals surface area contributed by atoms with E-state index in [1.807, 2.05) is 0 Å². The molecule has 0 rings (SSSR count). The van der Waals surface area contributed by atoms with Crippen LogP contribution >= 0.6 is 0 Å². The Bertz CT molecular complexity index is 169. The molecule has 7 nitrogen and oxygen atoms in total. The Labute approximate surface area is 117 Å². The molecular formula is C12H33N7. The number of nitrogens with zero attached hydrogens (tertiary/aromatic N) is 1. The highest BCUT2D eigenvalue weighted by Gasteiger charge is 2.16. The molecule has 0 aromatic rings. The van der Waals surface area contributed by atoms with Gasteiger partial charge in [0, 0.05) is 37.8 Å². The first-order chi connectivity index (χ1) is 9.03. The summed E-state index contributed by atoms with van der Waals surface area (Å²) in [6.07, 6.45) is 2.40. The van der Waals surface area contributed by atoms with Gasteiger partial charge < -0.3 is 34.4 Å². The van der Waals surface area contributed by atoms with Crippen LogP contribution in [0.4, 0.5) is 0 Å². The van der Waals surface area contributed by atoms with Crippen molar-refractivity contribution in [1.29, 1.82) is 0 Å². The average molecular weight is 275 g/mol. The lowest BCUT2D eigenvalue weighted by Crippen LogP contribution is -2.49. The highest BCUT2D eigenvalue weighted by molar-refractivity contribution is 4.77. The maximum atomic E-state index is 6.03. The first-order valence-corrected chi connectivity index (χ1v) is 7.12. The van der Waals surface area contributed by atoms with Crippen molar-refractivity contribution in [2.75, 3.05) is 39.3 Å². The standard InChI is InChI=1S/C12H33N7/c13-4-1-10(16)7-19(8-11(17)2-5-14)9-12(18)3-6-15/h10-12H,1-9,13-18H2. The lowest BCUT2D eigenvalue weighted by atomic mass is 10.1. The summed E-state index contributed by atoms with van der Waals surface area (Å²) in [5.74, 6) is 0. The van der Waals surface area contributed by atoms with E-state index < -0.39 is 0 Å². The molecule has 0 fully saturated rings. The average Bonchev–Trinajstić information content (AvgIpc) is 2.29. The van der Waals surface area contributed by atoms with E-state index in [1.54, 1.807) is 0 Å². The Hall–Kier alpha value is -0.280. The minimum absolute atomic E-state index is 0.0557. The second-order valence-electron chi connectivity index (χ2n) is 5.23. The molecule has 0 saturated heterocycles. The van der Waals surface area contributed by atoms with Gasteiger partial charge in [-0.1, -0.05) is 0 Å². The van der Waals surface area contributed by atoms with Crippen molar-refractivity contribution in [1.82, 2.24) is 4.90 Å². The number of rotatable bonds is 12. The SMILES string of the molecule is NCCC(N)CN(CC(N)CCN)CC(N)CCN. The fraction of sp³-hybridized carbons (Fsp3) is 1.00. The molecule has 0 saturated carbocycles. The van der Waals surface area contributed by atoms with Crippen LogP contribution in [0, 0.1) is 0 Å². The van der Waals surface area contributed by atoms with Gasteiger partial charge in [-0.05, 0) is 38.9 Å². The second kappa shape index (κ2) is 11.5. The molecule has 7 heteroatoms. The minimum Gasteiger partial charge on any atom is -0.330 e. The third-order valence-electron chi connectivity index (χ3n) is 3.09. The molecule has 0 aromatic heterocycles. The van der Waals surface area contributed by atoms with Gasteiger partial charge in [0.1, 0.15) is 0 Å². The maximum absolute atomic E-state index is 6.03. The first kappa shape index (κ1) is 18.7. The van der Waals surface area contributed by atoms with Gasteiger partial charge in [-0.3, -0.25) is 4.90 Å². The van der Waals surface area contributed by atoms with Crippen molar-refractivity contribution >= 4 is 0 Å². The third kappa shape index (κ3) is 10.2. The molecular weight excluding hydrogens is 242 g/mol. The van der Waals surface area contributed by atoms with E-state index in [1.165, 1.54) is 0 Å². The summed E-state index contributed by atoms with van der Waals surface area (Å²) in [6.45, 7) is 4.06. The topological polar surface area (TPSA) is 159 Å². The summed E-state index contributed by atoms with van der Waals surface area (Å²) in [4.78, 5) is 2.21. The maximum Gasteiger partial charge on any atom is 0.0179 e. The summed E-state index contributed by atoms with van der Waals surface area (Å²) in [5, 5.41) is 0.